The normalized spacial score (nSPS) is 11.3. The van der Waals surface area contributed by atoms with Crippen molar-refractivity contribution in [3.63, 3.8) is 0 Å². The Morgan fingerprint density at radius 2 is 1.14 bits per heavy atom. The molecular weight excluding hydrogens is 510 g/mol. The van der Waals surface area contributed by atoms with Gasteiger partial charge in [-0.2, -0.15) is 5.26 Å². The minimum atomic E-state index is 0.659. The maximum absolute atomic E-state index is 9.28. The van der Waals surface area contributed by atoms with Crippen LogP contribution in [0.25, 0.3) is 76.9 Å². The lowest BCUT2D eigenvalue weighted by molar-refractivity contribution is 1.37. The summed E-state index contributed by atoms with van der Waals surface area (Å²) in [6, 6.07) is 48.7. The van der Waals surface area contributed by atoms with Gasteiger partial charge in [-0.25, -0.2) is 4.98 Å². The van der Waals surface area contributed by atoms with Gasteiger partial charge in [0.2, 0.25) is 0 Å². The zero-order chi connectivity index (χ0) is 28.0. The molecule has 0 aliphatic heterocycles. The number of benzene rings is 6. The second kappa shape index (κ2) is 9.66. The van der Waals surface area contributed by atoms with Gasteiger partial charge in [0, 0.05) is 22.5 Å². The van der Waals surface area contributed by atoms with Crippen molar-refractivity contribution in [1.82, 2.24) is 9.97 Å². The first-order valence-electron chi connectivity index (χ1n) is 14.0. The molecule has 0 bridgehead atoms. The molecule has 3 nitrogen and oxygen atoms in total. The van der Waals surface area contributed by atoms with Gasteiger partial charge >= 0.3 is 0 Å². The molecule has 2 heterocycles. The third kappa shape index (κ3) is 3.98. The number of rotatable bonds is 3. The van der Waals surface area contributed by atoms with E-state index in [9.17, 15) is 5.26 Å². The summed E-state index contributed by atoms with van der Waals surface area (Å²) >= 11 is 0. The minimum absolute atomic E-state index is 0.659. The second-order valence-corrected chi connectivity index (χ2v) is 10.6. The van der Waals surface area contributed by atoms with Crippen molar-refractivity contribution in [3.8, 4) is 39.6 Å². The first-order chi connectivity index (χ1) is 20.7. The van der Waals surface area contributed by atoms with E-state index in [2.05, 4.69) is 114 Å². The first-order valence-corrected chi connectivity index (χ1v) is 14.0. The molecule has 0 saturated carbocycles. The molecule has 0 spiro atoms. The first kappa shape index (κ1) is 24.0. The van der Waals surface area contributed by atoms with Gasteiger partial charge in [-0.1, -0.05) is 91.0 Å². The van der Waals surface area contributed by atoms with Gasteiger partial charge in [0.1, 0.15) is 0 Å². The Bertz CT molecular complexity index is 2360. The van der Waals surface area contributed by atoms with Crippen LogP contribution in [0, 0.1) is 11.3 Å². The van der Waals surface area contributed by atoms with Crippen molar-refractivity contribution in [2.45, 2.75) is 0 Å². The number of fused-ring (bicyclic) bond motifs is 5. The smallest absolute Gasteiger partial charge is 0.0991 e. The summed E-state index contributed by atoms with van der Waals surface area (Å²) < 4.78 is 0. The molecule has 0 aliphatic rings. The van der Waals surface area contributed by atoms with Crippen LogP contribution in [0.2, 0.25) is 0 Å². The maximum atomic E-state index is 9.28. The summed E-state index contributed by atoms with van der Waals surface area (Å²) in [5.74, 6) is 0. The number of hydrogen-bond acceptors (Lipinski definition) is 3. The van der Waals surface area contributed by atoms with Crippen molar-refractivity contribution in [1.29, 1.82) is 5.26 Å². The average molecular weight is 534 g/mol. The largest absolute Gasteiger partial charge is 0.254 e. The molecule has 6 aromatic carbocycles. The molecule has 42 heavy (non-hydrogen) atoms. The third-order valence-corrected chi connectivity index (χ3v) is 8.11. The fraction of sp³-hybridized carbons (Fsp3) is 0. The Morgan fingerprint density at radius 3 is 1.95 bits per heavy atom. The van der Waals surface area contributed by atoms with Crippen LogP contribution < -0.4 is 0 Å². The van der Waals surface area contributed by atoms with Crippen LogP contribution in [0.3, 0.4) is 0 Å². The minimum Gasteiger partial charge on any atom is -0.254 e. The van der Waals surface area contributed by atoms with Crippen LogP contribution in [0.5, 0.6) is 0 Å². The summed E-state index contributed by atoms with van der Waals surface area (Å²) in [7, 11) is 0. The molecule has 0 fully saturated rings. The van der Waals surface area contributed by atoms with E-state index in [1.54, 1.807) is 0 Å². The van der Waals surface area contributed by atoms with Crippen molar-refractivity contribution >= 4 is 43.4 Å². The fourth-order valence-corrected chi connectivity index (χ4v) is 5.98. The van der Waals surface area contributed by atoms with Gasteiger partial charge in [-0.15, -0.1) is 0 Å². The lowest BCUT2D eigenvalue weighted by Crippen LogP contribution is -1.92. The van der Waals surface area contributed by atoms with Gasteiger partial charge < -0.3 is 0 Å². The highest BCUT2D eigenvalue weighted by atomic mass is 14.8. The predicted molar refractivity (Wildman–Crippen MR) is 173 cm³/mol. The summed E-state index contributed by atoms with van der Waals surface area (Å²) in [5.41, 5.74) is 8.97. The molecule has 3 heteroatoms. The summed E-state index contributed by atoms with van der Waals surface area (Å²) in [5, 5.41) is 16.1. The monoisotopic (exact) mass is 533 g/mol. The standard InChI is InChI=1S/C39H23N3/c40-24-25-10-12-27(13-11-25)33-9-3-7-26-14-17-32(23-34(26)33)35-21-30-5-1-2-6-31(30)22-36(35)37-19-18-29-16-15-28-8-4-20-41-38(28)39(29)42-37/h1-23H. The molecule has 0 N–H and O–H groups in total. The average Bonchev–Trinajstić information content (AvgIpc) is 3.07. The molecular formula is C39H23N3. The SMILES string of the molecule is N#Cc1ccc(-c2cccc3ccc(-c4cc5ccccc5cc4-c4ccc5ccc6cccnc6c5n4)cc23)cc1. The van der Waals surface area contributed by atoms with E-state index in [0.717, 1.165) is 55.3 Å². The number of nitriles is 1. The predicted octanol–water partition coefficient (Wildman–Crippen LogP) is 9.96. The van der Waals surface area contributed by atoms with Gasteiger partial charge in [-0.3, -0.25) is 4.98 Å². The van der Waals surface area contributed by atoms with Crippen LogP contribution in [0.1, 0.15) is 5.56 Å². The molecule has 0 radical (unpaired) electrons. The zero-order valence-electron chi connectivity index (χ0n) is 22.6. The third-order valence-electron chi connectivity index (χ3n) is 8.11. The summed E-state index contributed by atoms with van der Waals surface area (Å²) in [4.78, 5) is 9.90. The van der Waals surface area contributed by atoms with Gasteiger partial charge in [0.15, 0.2) is 0 Å². The van der Waals surface area contributed by atoms with Crippen molar-refractivity contribution < 1.29 is 0 Å². The highest BCUT2D eigenvalue weighted by molar-refractivity contribution is 6.05. The second-order valence-electron chi connectivity index (χ2n) is 10.6. The Hall–Kier alpha value is -5.85. The van der Waals surface area contributed by atoms with E-state index in [1.807, 2.05) is 36.5 Å². The Morgan fingerprint density at radius 1 is 0.476 bits per heavy atom. The molecule has 0 saturated heterocycles. The summed E-state index contributed by atoms with van der Waals surface area (Å²) in [6.07, 6.45) is 1.83. The van der Waals surface area contributed by atoms with Crippen LogP contribution in [0.4, 0.5) is 0 Å². The summed E-state index contributed by atoms with van der Waals surface area (Å²) in [6.45, 7) is 0. The van der Waals surface area contributed by atoms with Crippen molar-refractivity contribution in [3.05, 3.63) is 145 Å². The molecule has 2 aromatic heterocycles. The Labute approximate surface area is 243 Å². The van der Waals surface area contributed by atoms with E-state index >= 15 is 0 Å². The highest BCUT2D eigenvalue weighted by Crippen LogP contribution is 2.39. The maximum Gasteiger partial charge on any atom is 0.0991 e. The van der Waals surface area contributed by atoms with E-state index in [-0.39, 0.29) is 0 Å². The number of aromatic nitrogens is 2. The van der Waals surface area contributed by atoms with Crippen LogP contribution >= 0.6 is 0 Å². The lowest BCUT2D eigenvalue weighted by atomic mass is 9.90. The molecule has 8 rings (SSSR count). The quantitative estimate of drug-likeness (QED) is 0.212. The van der Waals surface area contributed by atoms with Gasteiger partial charge in [0.05, 0.1) is 28.4 Å². The fourth-order valence-electron chi connectivity index (χ4n) is 5.98. The topological polar surface area (TPSA) is 49.6 Å². The zero-order valence-corrected chi connectivity index (χ0v) is 22.6. The number of nitrogens with zero attached hydrogens (tertiary/aromatic N) is 3. The van der Waals surface area contributed by atoms with Crippen LogP contribution in [0.15, 0.2) is 140 Å². The number of pyridine rings is 2. The van der Waals surface area contributed by atoms with Crippen molar-refractivity contribution in [2.75, 3.05) is 0 Å². The molecule has 8 aromatic rings. The van der Waals surface area contributed by atoms with Gasteiger partial charge in [0.25, 0.3) is 0 Å². The Kier molecular flexibility index (Phi) is 5.52. The molecule has 0 aliphatic carbocycles. The van der Waals surface area contributed by atoms with E-state index in [4.69, 9.17) is 4.98 Å². The van der Waals surface area contributed by atoms with Gasteiger partial charge in [-0.05, 0) is 86.3 Å². The molecule has 0 unspecified atom stereocenters. The van der Waals surface area contributed by atoms with Crippen LogP contribution in [-0.4, -0.2) is 9.97 Å². The van der Waals surface area contributed by atoms with E-state index < -0.39 is 0 Å². The Balaban J connectivity index is 1.37. The van der Waals surface area contributed by atoms with Crippen LogP contribution in [-0.2, 0) is 0 Å². The van der Waals surface area contributed by atoms with E-state index in [0.29, 0.717) is 5.56 Å². The lowest BCUT2D eigenvalue weighted by Gasteiger charge is -2.15. The van der Waals surface area contributed by atoms with Crippen molar-refractivity contribution in [2.24, 2.45) is 0 Å². The number of hydrogen-bond donors (Lipinski definition) is 0. The van der Waals surface area contributed by atoms with E-state index in [1.165, 1.54) is 21.5 Å². The molecule has 194 valence electrons. The molecule has 0 amide bonds. The molecule has 0 atom stereocenters. The highest BCUT2D eigenvalue weighted by Gasteiger charge is 2.14.